The first kappa shape index (κ1) is 18.8. The van der Waals surface area contributed by atoms with Gasteiger partial charge in [0.1, 0.15) is 0 Å². The second-order valence-corrected chi connectivity index (χ2v) is 6.06. The van der Waals surface area contributed by atoms with Gasteiger partial charge >= 0.3 is 6.18 Å². The van der Waals surface area contributed by atoms with Crippen LogP contribution in [-0.4, -0.2) is 24.0 Å². The van der Waals surface area contributed by atoms with Crippen LogP contribution in [0.1, 0.15) is 28.1 Å². The maximum Gasteiger partial charge on any atom is 0.416 e. The van der Waals surface area contributed by atoms with Crippen molar-refractivity contribution in [1.82, 2.24) is 10.3 Å². The van der Waals surface area contributed by atoms with E-state index in [1.165, 1.54) is 18.5 Å². The van der Waals surface area contributed by atoms with Gasteiger partial charge in [0.05, 0.1) is 17.3 Å². The zero-order valence-corrected chi connectivity index (χ0v) is 14.6. The topological polar surface area (TPSA) is 67.2 Å². The molecule has 142 valence electrons. The molecular formula is C19H18F3N3O2. The van der Waals surface area contributed by atoms with E-state index in [1.54, 1.807) is 19.1 Å². The molecule has 27 heavy (non-hydrogen) atoms. The zero-order valence-electron chi connectivity index (χ0n) is 14.6. The van der Waals surface area contributed by atoms with Crippen LogP contribution in [0.5, 0.6) is 0 Å². The Hall–Kier alpha value is -3.03. The highest BCUT2D eigenvalue weighted by Crippen LogP contribution is 2.32. The molecule has 0 aliphatic rings. The second-order valence-electron chi connectivity index (χ2n) is 6.06. The van der Waals surface area contributed by atoms with Crippen LogP contribution in [0.2, 0.25) is 0 Å². The molecule has 5 nitrogen and oxygen atoms in total. The van der Waals surface area contributed by atoms with Gasteiger partial charge in [0.2, 0.25) is 0 Å². The average Bonchev–Trinajstić information content (AvgIpc) is 3.06. The fourth-order valence-corrected chi connectivity index (χ4v) is 2.68. The normalized spacial score (nSPS) is 11.6. The van der Waals surface area contributed by atoms with Crippen molar-refractivity contribution < 1.29 is 22.4 Å². The van der Waals surface area contributed by atoms with Gasteiger partial charge in [0.25, 0.3) is 5.91 Å². The Balaban J connectivity index is 1.56. The molecule has 3 rings (SSSR count). The number of nitrogens with zero attached hydrogens (tertiary/aromatic N) is 1. The van der Waals surface area contributed by atoms with E-state index >= 15 is 0 Å². The number of hydrogen-bond donors (Lipinski definition) is 2. The lowest BCUT2D eigenvalue weighted by Gasteiger charge is -2.12. The fraction of sp³-hybridized carbons (Fsp3) is 0.263. The summed E-state index contributed by atoms with van der Waals surface area (Å²) in [7, 11) is 0. The summed E-state index contributed by atoms with van der Waals surface area (Å²) in [4.78, 5) is 15.9. The van der Waals surface area contributed by atoms with Gasteiger partial charge in [0.15, 0.2) is 5.76 Å². The second kappa shape index (κ2) is 7.69. The Kier molecular flexibility index (Phi) is 5.34. The fourth-order valence-electron chi connectivity index (χ4n) is 2.68. The van der Waals surface area contributed by atoms with Gasteiger partial charge in [-0.3, -0.25) is 9.78 Å². The number of halogens is 3. The highest BCUT2D eigenvalue weighted by Gasteiger charge is 2.30. The average molecular weight is 377 g/mol. The molecular weight excluding hydrogens is 359 g/mol. The van der Waals surface area contributed by atoms with E-state index in [-0.39, 0.29) is 11.4 Å². The highest BCUT2D eigenvalue weighted by atomic mass is 19.4. The van der Waals surface area contributed by atoms with Crippen molar-refractivity contribution in [3.63, 3.8) is 0 Å². The lowest BCUT2D eigenvalue weighted by molar-refractivity contribution is -0.137. The molecule has 8 heteroatoms. The summed E-state index contributed by atoms with van der Waals surface area (Å²) < 4.78 is 43.6. The third kappa shape index (κ3) is 4.39. The molecule has 2 aromatic heterocycles. The molecule has 3 aromatic rings. The zero-order chi connectivity index (χ0) is 19.4. The van der Waals surface area contributed by atoms with Crippen LogP contribution < -0.4 is 10.6 Å². The molecule has 0 saturated heterocycles. The Morgan fingerprint density at radius 2 is 2.00 bits per heavy atom. The van der Waals surface area contributed by atoms with Crippen molar-refractivity contribution in [1.29, 1.82) is 0 Å². The molecule has 2 heterocycles. The molecule has 1 amide bonds. The molecule has 0 spiro atoms. The van der Waals surface area contributed by atoms with Crippen molar-refractivity contribution in [2.24, 2.45) is 0 Å². The number of hydrogen-bond acceptors (Lipinski definition) is 4. The number of benzene rings is 1. The number of alkyl halides is 3. The van der Waals surface area contributed by atoms with Gasteiger partial charge < -0.3 is 15.1 Å². The molecule has 0 radical (unpaired) electrons. The van der Waals surface area contributed by atoms with Gasteiger partial charge in [-0.05, 0) is 37.6 Å². The van der Waals surface area contributed by atoms with Gasteiger partial charge in [-0.15, -0.1) is 0 Å². The quantitative estimate of drug-likeness (QED) is 0.626. The van der Waals surface area contributed by atoms with Crippen LogP contribution in [0.4, 0.5) is 18.9 Å². The lowest BCUT2D eigenvalue weighted by Crippen LogP contribution is -2.26. The lowest BCUT2D eigenvalue weighted by atomic mass is 10.1. The van der Waals surface area contributed by atoms with E-state index in [4.69, 9.17) is 4.42 Å². The van der Waals surface area contributed by atoms with Crippen LogP contribution in [0.3, 0.4) is 0 Å². The number of nitrogens with one attached hydrogen (secondary N) is 2. The van der Waals surface area contributed by atoms with Crippen LogP contribution in [0.15, 0.2) is 47.2 Å². The Morgan fingerprint density at radius 1 is 1.19 bits per heavy atom. The predicted octanol–water partition coefficient (Wildman–Crippen LogP) is 4.39. The number of rotatable bonds is 6. The summed E-state index contributed by atoms with van der Waals surface area (Å²) in [6, 6.07) is 6.91. The Labute approximate surface area is 153 Å². The number of amides is 1. The van der Waals surface area contributed by atoms with Crippen molar-refractivity contribution >= 4 is 22.5 Å². The number of aromatic nitrogens is 1. The third-order valence-electron chi connectivity index (χ3n) is 4.09. The van der Waals surface area contributed by atoms with E-state index in [0.29, 0.717) is 36.3 Å². The van der Waals surface area contributed by atoms with Crippen molar-refractivity contribution in [2.45, 2.75) is 19.5 Å². The van der Waals surface area contributed by atoms with E-state index < -0.39 is 11.7 Å². The third-order valence-corrected chi connectivity index (χ3v) is 4.09. The largest absolute Gasteiger partial charge is 0.459 e. The molecule has 0 aliphatic carbocycles. The minimum Gasteiger partial charge on any atom is -0.459 e. The first-order chi connectivity index (χ1) is 12.9. The first-order valence-corrected chi connectivity index (χ1v) is 8.38. The monoisotopic (exact) mass is 377 g/mol. The number of fused-ring (bicyclic) bond motifs is 1. The summed E-state index contributed by atoms with van der Waals surface area (Å²) in [5, 5.41) is 6.54. The van der Waals surface area contributed by atoms with Crippen molar-refractivity contribution in [2.75, 3.05) is 18.4 Å². The van der Waals surface area contributed by atoms with Crippen molar-refractivity contribution in [3.05, 3.63) is 59.7 Å². The summed E-state index contributed by atoms with van der Waals surface area (Å²) in [6.45, 7) is 2.77. The standard InChI is InChI=1S/C19H18F3N3O2/c1-12-6-10-27-17(12)18(26)25-8-2-7-23-15-5-9-24-16-11-13(19(20,21)22)3-4-14(15)16/h3-6,9-11H,2,7-8H2,1H3,(H,23,24)(H,25,26). The molecule has 0 saturated carbocycles. The highest BCUT2D eigenvalue weighted by molar-refractivity contribution is 5.93. The number of furan rings is 1. The van der Waals surface area contributed by atoms with E-state index in [9.17, 15) is 18.0 Å². The molecule has 0 fully saturated rings. The summed E-state index contributed by atoms with van der Waals surface area (Å²) >= 11 is 0. The van der Waals surface area contributed by atoms with E-state index in [0.717, 1.165) is 17.7 Å². The first-order valence-electron chi connectivity index (χ1n) is 8.38. The van der Waals surface area contributed by atoms with Crippen LogP contribution in [0, 0.1) is 6.92 Å². The summed E-state index contributed by atoms with van der Waals surface area (Å²) in [5.41, 5.74) is 1.01. The number of anilines is 1. The Bertz CT molecular complexity index is 951. The molecule has 0 aliphatic heterocycles. The van der Waals surface area contributed by atoms with Crippen molar-refractivity contribution in [3.8, 4) is 0 Å². The predicted molar refractivity (Wildman–Crippen MR) is 95.6 cm³/mol. The molecule has 1 aromatic carbocycles. The van der Waals surface area contributed by atoms with Crippen LogP contribution >= 0.6 is 0 Å². The summed E-state index contributed by atoms with van der Waals surface area (Å²) in [5.74, 6) is 0.0232. The number of carbonyl (C=O) groups excluding carboxylic acids is 1. The molecule has 0 bridgehead atoms. The minimum atomic E-state index is -4.40. The SMILES string of the molecule is Cc1ccoc1C(=O)NCCCNc1ccnc2cc(C(F)(F)F)ccc12. The van der Waals surface area contributed by atoms with Crippen LogP contribution in [-0.2, 0) is 6.18 Å². The van der Waals surface area contributed by atoms with Gasteiger partial charge in [-0.2, -0.15) is 13.2 Å². The van der Waals surface area contributed by atoms with E-state index in [1.807, 2.05) is 0 Å². The Morgan fingerprint density at radius 3 is 2.70 bits per heavy atom. The smallest absolute Gasteiger partial charge is 0.416 e. The summed E-state index contributed by atoms with van der Waals surface area (Å²) in [6.07, 6.45) is -0.837. The van der Waals surface area contributed by atoms with Gasteiger partial charge in [-0.1, -0.05) is 6.07 Å². The maximum absolute atomic E-state index is 12.8. The molecule has 2 N–H and O–H groups in total. The van der Waals surface area contributed by atoms with E-state index in [2.05, 4.69) is 15.6 Å². The molecule has 0 atom stereocenters. The molecule has 0 unspecified atom stereocenters. The minimum absolute atomic E-state index is 0.272. The van der Waals surface area contributed by atoms with Gasteiger partial charge in [0, 0.05) is 35.9 Å². The number of aryl methyl sites for hydroxylation is 1. The number of pyridine rings is 1. The van der Waals surface area contributed by atoms with Gasteiger partial charge in [-0.25, -0.2) is 0 Å². The van der Waals surface area contributed by atoms with Crippen LogP contribution in [0.25, 0.3) is 10.9 Å². The maximum atomic E-state index is 12.8. The number of carbonyl (C=O) groups is 1.